The first-order chi connectivity index (χ1) is 8.09. The van der Waals surface area contributed by atoms with Crippen molar-refractivity contribution in [3.8, 4) is 5.75 Å². The van der Waals surface area contributed by atoms with Gasteiger partial charge >= 0.3 is 0 Å². The van der Waals surface area contributed by atoms with Gasteiger partial charge < -0.3 is 15.6 Å². The van der Waals surface area contributed by atoms with Crippen LogP contribution in [0, 0.1) is 5.82 Å². The summed E-state index contributed by atoms with van der Waals surface area (Å²) in [6, 6.07) is 6.02. The quantitative estimate of drug-likeness (QED) is 0.719. The molecule has 3 nitrogen and oxygen atoms in total. The predicted octanol–water partition coefficient (Wildman–Crippen LogP) is 2.08. The lowest BCUT2D eigenvalue weighted by Crippen LogP contribution is -2.37. The van der Waals surface area contributed by atoms with E-state index in [4.69, 9.17) is 10.5 Å². The van der Waals surface area contributed by atoms with Crippen LogP contribution >= 0.6 is 0 Å². The summed E-state index contributed by atoms with van der Waals surface area (Å²) >= 11 is 0. The van der Waals surface area contributed by atoms with Crippen molar-refractivity contribution in [2.45, 2.75) is 31.8 Å². The lowest BCUT2D eigenvalue weighted by atomic mass is 9.95. The van der Waals surface area contributed by atoms with Crippen molar-refractivity contribution in [2.75, 3.05) is 13.2 Å². The van der Waals surface area contributed by atoms with Crippen molar-refractivity contribution in [3.63, 3.8) is 0 Å². The molecule has 0 aliphatic carbocycles. The molecule has 0 bridgehead atoms. The van der Waals surface area contributed by atoms with Crippen molar-refractivity contribution < 1.29 is 14.2 Å². The van der Waals surface area contributed by atoms with E-state index >= 15 is 0 Å². The van der Waals surface area contributed by atoms with Gasteiger partial charge in [0.15, 0.2) is 0 Å². The summed E-state index contributed by atoms with van der Waals surface area (Å²) < 4.78 is 18.2. The highest BCUT2D eigenvalue weighted by molar-refractivity contribution is 5.22. The van der Waals surface area contributed by atoms with Gasteiger partial charge in [-0.1, -0.05) is 13.0 Å². The SMILES string of the molecule is CCC(O)(CN)CCCOc1cccc(F)c1. The maximum Gasteiger partial charge on any atom is 0.126 e. The average Bonchev–Trinajstić information content (AvgIpc) is 2.34. The molecule has 3 N–H and O–H groups in total. The van der Waals surface area contributed by atoms with Gasteiger partial charge in [-0.3, -0.25) is 0 Å². The first kappa shape index (κ1) is 13.9. The average molecular weight is 241 g/mol. The summed E-state index contributed by atoms with van der Waals surface area (Å²) in [6.45, 7) is 2.61. The van der Waals surface area contributed by atoms with Gasteiger partial charge in [0.05, 0.1) is 12.2 Å². The van der Waals surface area contributed by atoms with Crippen molar-refractivity contribution in [1.82, 2.24) is 0 Å². The zero-order valence-corrected chi connectivity index (χ0v) is 10.2. The van der Waals surface area contributed by atoms with Gasteiger partial charge in [0.25, 0.3) is 0 Å². The Hall–Kier alpha value is -1.13. The van der Waals surface area contributed by atoms with Gasteiger partial charge in [-0.15, -0.1) is 0 Å². The second kappa shape index (κ2) is 6.57. The van der Waals surface area contributed by atoms with E-state index in [1.807, 2.05) is 6.92 Å². The molecule has 1 aromatic carbocycles. The minimum Gasteiger partial charge on any atom is -0.493 e. The van der Waals surface area contributed by atoms with Gasteiger partial charge in [-0.2, -0.15) is 0 Å². The highest BCUT2D eigenvalue weighted by atomic mass is 19.1. The van der Waals surface area contributed by atoms with E-state index < -0.39 is 5.60 Å². The van der Waals surface area contributed by atoms with Crippen LogP contribution < -0.4 is 10.5 Å². The fourth-order valence-corrected chi connectivity index (χ4v) is 1.57. The summed E-state index contributed by atoms with van der Waals surface area (Å²) in [7, 11) is 0. The number of hydrogen-bond acceptors (Lipinski definition) is 3. The third-order valence-electron chi connectivity index (χ3n) is 2.89. The van der Waals surface area contributed by atoms with Gasteiger partial charge in [0.1, 0.15) is 11.6 Å². The van der Waals surface area contributed by atoms with Crippen molar-refractivity contribution in [2.24, 2.45) is 5.73 Å². The van der Waals surface area contributed by atoms with Gasteiger partial charge in [0, 0.05) is 12.6 Å². The maximum atomic E-state index is 12.8. The Bertz CT molecular complexity index is 340. The van der Waals surface area contributed by atoms with Crippen molar-refractivity contribution in [1.29, 1.82) is 0 Å². The fraction of sp³-hybridized carbons (Fsp3) is 0.538. The minimum atomic E-state index is -0.800. The van der Waals surface area contributed by atoms with Crippen LogP contribution in [-0.2, 0) is 0 Å². The van der Waals surface area contributed by atoms with Crippen LogP contribution in [-0.4, -0.2) is 23.9 Å². The molecule has 0 radical (unpaired) electrons. The third-order valence-corrected chi connectivity index (χ3v) is 2.89. The Balaban J connectivity index is 2.29. The van der Waals surface area contributed by atoms with E-state index in [-0.39, 0.29) is 12.4 Å². The van der Waals surface area contributed by atoms with Crippen LogP contribution in [0.2, 0.25) is 0 Å². The largest absolute Gasteiger partial charge is 0.493 e. The summed E-state index contributed by atoms with van der Waals surface area (Å²) in [5, 5.41) is 9.93. The molecule has 1 aromatic rings. The van der Waals surface area contributed by atoms with E-state index in [0.717, 1.165) is 0 Å². The van der Waals surface area contributed by atoms with Crippen molar-refractivity contribution >= 4 is 0 Å². The molecule has 96 valence electrons. The van der Waals surface area contributed by atoms with Gasteiger partial charge in [-0.25, -0.2) is 4.39 Å². The number of aliphatic hydroxyl groups is 1. The number of ether oxygens (including phenoxy) is 1. The van der Waals surface area contributed by atoms with Crippen LogP contribution in [0.1, 0.15) is 26.2 Å². The lowest BCUT2D eigenvalue weighted by Gasteiger charge is -2.24. The molecule has 0 fully saturated rings. The van der Waals surface area contributed by atoms with Crippen LogP contribution in [0.5, 0.6) is 5.75 Å². The molecule has 0 aliphatic heterocycles. The monoisotopic (exact) mass is 241 g/mol. The summed E-state index contributed by atoms with van der Waals surface area (Å²) in [6.07, 6.45) is 1.91. The summed E-state index contributed by atoms with van der Waals surface area (Å²) in [5.74, 6) is 0.201. The molecule has 17 heavy (non-hydrogen) atoms. The minimum absolute atomic E-state index is 0.253. The standard InChI is InChI=1S/C13H20FNO2/c1-2-13(16,10-15)7-4-8-17-12-6-3-5-11(14)9-12/h3,5-6,9,16H,2,4,7-8,10,15H2,1H3. The van der Waals surface area contributed by atoms with E-state index in [9.17, 15) is 9.50 Å². The number of hydrogen-bond donors (Lipinski definition) is 2. The topological polar surface area (TPSA) is 55.5 Å². The van der Waals surface area contributed by atoms with Gasteiger partial charge in [0.2, 0.25) is 0 Å². The zero-order valence-electron chi connectivity index (χ0n) is 10.2. The second-order valence-corrected chi connectivity index (χ2v) is 4.19. The molecule has 0 spiro atoms. The third kappa shape index (κ3) is 4.71. The molecule has 0 heterocycles. The summed E-state index contributed by atoms with van der Waals surface area (Å²) in [5.41, 5.74) is 4.69. The Morgan fingerprint density at radius 3 is 2.82 bits per heavy atom. The predicted molar refractivity (Wildman–Crippen MR) is 65.4 cm³/mol. The van der Waals surface area contributed by atoms with Crippen LogP contribution in [0.4, 0.5) is 4.39 Å². The molecule has 1 atom stereocenters. The Morgan fingerprint density at radius 1 is 1.47 bits per heavy atom. The molecule has 0 saturated heterocycles. The van der Waals surface area contributed by atoms with E-state index in [1.54, 1.807) is 12.1 Å². The van der Waals surface area contributed by atoms with Crippen LogP contribution in [0.3, 0.4) is 0 Å². The number of rotatable bonds is 7. The van der Waals surface area contributed by atoms with E-state index in [1.165, 1.54) is 12.1 Å². The number of benzene rings is 1. The van der Waals surface area contributed by atoms with Crippen LogP contribution in [0.15, 0.2) is 24.3 Å². The molecule has 0 amide bonds. The molecule has 0 aromatic heterocycles. The maximum absolute atomic E-state index is 12.8. The highest BCUT2D eigenvalue weighted by Crippen LogP contribution is 2.17. The highest BCUT2D eigenvalue weighted by Gasteiger charge is 2.21. The summed E-state index contributed by atoms with van der Waals surface area (Å²) in [4.78, 5) is 0. The number of nitrogens with two attached hydrogens (primary N) is 1. The molecule has 0 aliphatic rings. The Kier molecular flexibility index (Phi) is 5.38. The molecule has 1 rings (SSSR count). The van der Waals surface area contributed by atoms with Gasteiger partial charge in [-0.05, 0) is 31.4 Å². The first-order valence-electron chi connectivity index (χ1n) is 5.90. The number of halogens is 1. The van der Waals surface area contributed by atoms with E-state index in [2.05, 4.69) is 0 Å². The second-order valence-electron chi connectivity index (χ2n) is 4.19. The smallest absolute Gasteiger partial charge is 0.126 e. The Morgan fingerprint density at radius 2 is 2.24 bits per heavy atom. The van der Waals surface area contributed by atoms with Crippen molar-refractivity contribution in [3.05, 3.63) is 30.1 Å². The normalized spacial score (nSPS) is 14.4. The van der Waals surface area contributed by atoms with Crippen LogP contribution in [0.25, 0.3) is 0 Å². The molecule has 4 heteroatoms. The molecular weight excluding hydrogens is 221 g/mol. The molecular formula is C13H20FNO2. The molecule has 1 unspecified atom stereocenters. The zero-order chi connectivity index (χ0) is 12.7. The fourth-order valence-electron chi connectivity index (χ4n) is 1.57. The molecule has 0 saturated carbocycles. The Labute approximate surface area is 101 Å². The lowest BCUT2D eigenvalue weighted by molar-refractivity contribution is 0.0309. The van der Waals surface area contributed by atoms with E-state index in [0.29, 0.717) is 31.6 Å². The first-order valence-corrected chi connectivity index (χ1v) is 5.90.